The van der Waals surface area contributed by atoms with E-state index in [0.717, 1.165) is 45.9 Å². The lowest BCUT2D eigenvalue weighted by molar-refractivity contribution is -0.132. The van der Waals surface area contributed by atoms with Gasteiger partial charge in [-0.15, -0.1) is 11.3 Å². The number of hydrogen-bond donors (Lipinski definition) is 4. The molecule has 2 aromatic carbocycles. The van der Waals surface area contributed by atoms with E-state index in [2.05, 4.69) is 58.6 Å². The number of likely N-dealkylation sites (tertiary alicyclic amines) is 1. The number of hydrogen-bond acceptors (Lipinski definition) is 9. The van der Waals surface area contributed by atoms with Gasteiger partial charge in [0, 0.05) is 47.9 Å². The molecule has 1 aliphatic heterocycles. The second-order valence-corrected chi connectivity index (χ2v) is 15.9. The van der Waals surface area contributed by atoms with Crippen LogP contribution in [0.25, 0.3) is 22.5 Å². The van der Waals surface area contributed by atoms with Crippen LogP contribution in [0.5, 0.6) is 5.75 Å². The number of nitrogens with two attached hydrogens (primary N) is 1. The summed E-state index contributed by atoms with van der Waals surface area (Å²) in [6.07, 6.45) is 10.2. The summed E-state index contributed by atoms with van der Waals surface area (Å²) in [6.45, 7) is 9.68. The van der Waals surface area contributed by atoms with Crippen LogP contribution in [0.3, 0.4) is 0 Å². The zero-order valence-corrected chi connectivity index (χ0v) is 32.8. The van der Waals surface area contributed by atoms with E-state index in [0.29, 0.717) is 23.7 Å². The van der Waals surface area contributed by atoms with Crippen molar-refractivity contribution in [1.82, 2.24) is 25.5 Å². The summed E-state index contributed by atoms with van der Waals surface area (Å²) in [5, 5.41) is 11.5. The second-order valence-electron chi connectivity index (χ2n) is 14.8. The fourth-order valence-corrected chi connectivity index (χ4v) is 7.25. The molecule has 1 fully saturated rings. The first-order valence-corrected chi connectivity index (χ1v) is 19.6. The highest BCUT2D eigenvalue weighted by atomic mass is 32.1. The molecule has 0 aliphatic carbocycles. The van der Waals surface area contributed by atoms with E-state index in [-0.39, 0.29) is 36.2 Å². The van der Waals surface area contributed by atoms with Gasteiger partial charge in [0.05, 0.1) is 17.4 Å². The summed E-state index contributed by atoms with van der Waals surface area (Å²) in [6, 6.07) is 18.4. The minimum atomic E-state index is -0.882. The van der Waals surface area contributed by atoms with Crippen molar-refractivity contribution in [2.75, 3.05) is 19.7 Å². The van der Waals surface area contributed by atoms with Gasteiger partial charge in [-0.2, -0.15) is 5.53 Å². The summed E-state index contributed by atoms with van der Waals surface area (Å²) in [5.41, 5.74) is 15.8. The van der Waals surface area contributed by atoms with Gasteiger partial charge in [-0.05, 0) is 58.9 Å². The minimum Gasteiger partial charge on any atom is -0.494 e. The number of aromatic nitrogens is 2. The molecule has 290 valence electrons. The molecule has 0 unspecified atom stereocenters. The van der Waals surface area contributed by atoms with Crippen molar-refractivity contribution < 1.29 is 19.1 Å². The zero-order chi connectivity index (χ0) is 39.4. The van der Waals surface area contributed by atoms with Gasteiger partial charge in [-0.3, -0.25) is 19.7 Å². The van der Waals surface area contributed by atoms with Crippen molar-refractivity contribution in [2.45, 2.75) is 84.1 Å². The first kappa shape index (κ1) is 40.7. The van der Waals surface area contributed by atoms with Crippen LogP contribution in [-0.4, -0.2) is 64.3 Å². The summed E-state index contributed by atoms with van der Waals surface area (Å²) in [7, 11) is 0. The van der Waals surface area contributed by atoms with Gasteiger partial charge < -0.3 is 20.7 Å². The number of benzene rings is 2. The molecule has 3 amide bonds. The Morgan fingerprint density at radius 3 is 2.31 bits per heavy atom. The fourth-order valence-electron chi connectivity index (χ4n) is 6.29. The molecule has 14 heteroatoms. The van der Waals surface area contributed by atoms with Crippen LogP contribution in [0.2, 0.25) is 0 Å². The lowest BCUT2D eigenvalue weighted by atomic mass is 9.95. The number of guanidine groups is 1. The quantitative estimate of drug-likeness (QED) is 0.0308. The Balaban J connectivity index is 1.24. The first-order valence-electron chi connectivity index (χ1n) is 18.8. The van der Waals surface area contributed by atoms with Crippen LogP contribution >= 0.6 is 11.3 Å². The summed E-state index contributed by atoms with van der Waals surface area (Å²) < 4.78 is 5.91. The highest BCUT2D eigenvalue weighted by Crippen LogP contribution is 2.30. The van der Waals surface area contributed by atoms with Crippen LogP contribution in [0.15, 0.2) is 83.4 Å². The molecule has 3 heterocycles. The van der Waals surface area contributed by atoms with Crippen molar-refractivity contribution >= 4 is 35.0 Å². The summed E-state index contributed by atoms with van der Waals surface area (Å²) in [4.78, 5) is 52.6. The highest BCUT2D eigenvalue weighted by molar-refractivity contribution is 7.14. The number of nitrogens with one attached hydrogen (secondary N) is 3. The standard InChI is InChI=1S/C41H51N9O4S/c1-5-6-7-8-9-22-54-32-16-14-28(15-17-32)31-24-44-36(45-25-31)29-12-10-27(11-13-29)23-33(46-38(52)34-18-19-35(55-34)41(2,3)4)39(53)50-21-20-30(26-50)37(51)47-40(42)48-49-43/h10-19,24-25,30,33H,5-9,20-23,26H2,1-4H3,(H,46,52)(H4,42,43,47,48,51)/t30-,33-/m0/s1. The Morgan fingerprint density at radius 2 is 1.65 bits per heavy atom. The molecule has 55 heavy (non-hydrogen) atoms. The number of carbonyl (C=O) groups excluding carboxylic acids is 3. The predicted octanol–water partition coefficient (Wildman–Crippen LogP) is 7.09. The Hall–Kier alpha value is -5.50. The smallest absolute Gasteiger partial charge is 0.262 e. The van der Waals surface area contributed by atoms with Crippen molar-refractivity contribution in [3.63, 3.8) is 0 Å². The molecule has 1 saturated heterocycles. The van der Waals surface area contributed by atoms with E-state index in [1.54, 1.807) is 23.4 Å². The average Bonchev–Trinajstić information content (AvgIpc) is 3.89. The molecular formula is C41H51N9O4S. The van der Waals surface area contributed by atoms with Crippen LogP contribution in [0.1, 0.15) is 86.3 Å². The largest absolute Gasteiger partial charge is 0.494 e. The lowest BCUT2D eigenvalue weighted by Gasteiger charge is -2.24. The van der Waals surface area contributed by atoms with Crippen LogP contribution < -0.4 is 21.1 Å². The maximum atomic E-state index is 14.0. The molecule has 13 nitrogen and oxygen atoms in total. The maximum absolute atomic E-state index is 14.0. The van der Waals surface area contributed by atoms with Gasteiger partial charge in [0.1, 0.15) is 11.8 Å². The molecule has 0 spiro atoms. The third kappa shape index (κ3) is 11.5. The topological polar surface area (TPSA) is 188 Å². The Bertz CT molecular complexity index is 1940. The van der Waals surface area contributed by atoms with E-state index < -0.39 is 17.9 Å². The number of amides is 3. The fraction of sp³-hybridized carbons (Fsp3) is 0.415. The Kier molecular flexibility index (Phi) is 14.2. The normalized spacial score (nSPS) is 15.0. The predicted molar refractivity (Wildman–Crippen MR) is 215 cm³/mol. The molecule has 2 atom stereocenters. The van der Waals surface area contributed by atoms with Crippen molar-refractivity contribution in [3.8, 4) is 28.3 Å². The molecule has 0 saturated carbocycles. The summed E-state index contributed by atoms with van der Waals surface area (Å²) >= 11 is 1.41. The third-order valence-corrected chi connectivity index (χ3v) is 11.0. The molecule has 4 aromatic rings. The van der Waals surface area contributed by atoms with E-state index in [1.165, 1.54) is 37.0 Å². The van der Waals surface area contributed by atoms with Crippen LogP contribution in [-0.2, 0) is 21.4 Å². The Morgan fingerprint density at radius 1 is 0.964 bits per heavy atom. The first-order chi connectivity index (χ1) is 26.4. The van der Waals surface area contributed by atoms with E-state index in [4.69, 9.17) is 16.0 Å². The molecule has 5 N–H and O–H groups in total. The van der Waals surface area contributed by atoms with Crippen LogP contribution in [0, 0.1) is 11.4 Å². The molecule has 1 aliphatic rings. The number of unbranched alkanes of at least 4 members (excludes halogenated alkanes) is 4. The third-order valence-electron chi connectivity index (χ3n) is 9.46. The van der Waals surface area contributed by atoms with E-state index in [9.17, 15) is 14.4 Å². The van der Waals surface area contributed by atoms with Gasteiger partial charge >= 0.3 is 0 Å². The Labute approximate surface area is 326 Å². The SMILES string of the molecule is CCCCCCCOc1ccc(-c2cnc(-c3ccc(C[C@H](NC(=O)c4ccc(C(C)(C)C)s4)C(=O)N4CC[C@H](C(=O)N/C(N)=N/N=N)C4)cc3)nc2)cc1. The van der Waals surface area contributed by atoms with Crippen molar-refractivity contribution in [1.29, 1.82) is 5.53 Å². The zero-order valence-electron chi connectivity index (χ0n) is 32.0. The highest BCUT2D eigenvalue weighted by Gasteiger charge is 2.35. The molecular weight excluding hydrogens is 715 g/mol. The van der Waals surface area contributed by atoms with Gasteiger partial charge in [0.25, 0.3) is 5.91 Å². The molecule has 0 radical (unpaired) electrons. The van der Waals surface area contributed by atoms with Gasteiger partial charge in [0.2, 0.25) is 17.8 Å². The summed E-state index contributed by atoms with van der Waals surface area (Å²) in [5.74, 6) is -0.431. The number of nitrogens with zero attached hydrogens (tertiary/aromatic N) is 5. The van der Waals surface area contributed by atoms with Gasteiger partial charge in [-0.1, -0.05) is 94.9 Å². The van der Waals surface area contributed by atoms with E-state index >= 15 is 0 Å². The van der Waals surface area contributed by atoms with Crippen LogP contribution in [0.4, 0.5) is 0 Å². The maximum Gasteiger partial charge on any atom is 0.262 e. The lowest BCUT2D eigenvalue weighted by Crippen LogP contribution is -2.49. The van der Waals surface area contributed by atoms with Gasteiger partial charge in [0.15, 0.2) is 5.82 Å². The van der Waals surface area contributed by atoms with Crippen molar-refractivity contribution in [3.05, 3.63) is 88.4 Å². The molecule has 5 rings (SSSR count). The second kappa shape index (κ2) is 19.2. The van der Waals surface area contributed by atoms with Crippen molar-refractivity contribution in [2.24, 2.45) is 22.0 Å². The molecule has 2 aromatic heterocycles. The molecule has 0 bridgehead atoms. The van der Waals surface area contributed by atoms with E-state index in [1.807, 2.05) is 54.6 Å². The number of thiophene rings is 1. The average molecular weight is 766 g/mol. The van der Waals surface area contributed by atoms with Gasteiger partial charge in [-0.25, -0.2) is 9.97 Å². The monoisotopic (exact) mass is 765 g/mol. The number of carbonyl (C=O) groups is 3. The minimum absolute atomic E-state index is 0.119. The number of rotatable bonds is 16. The number of ether oxygens (including phenoxy) is 1.